The number of piperidine rings is 1. The van der Waals surface area contributed by atoms with Crippen molar-refractivity contribution >= 4 is 35.8 Å². The molecule has 1 rings (SSSR count). The molecule has 6 heteroatoms. The van der Waals surface area contributed by atoms with Crippen LogP contribution in [0.15, 0.2) is 4.99 Å². The van der Waals surface area contributed by atoms with Crippen LogP contribution in [0.2, 0.25) is 0 Å². The van der Waals surface area contributed by atoms with Crippen LogP contribution < -0.4 is 5.32 Å². The lowest BCUT2D eigenvalue weighted by molar-refractivity contribution is -0.127. The lowest BCUT2D eigenvalue weighted by Crippen LogP contribution is -2.49. The first-order valence-electron chi connectivity index (χ1n) is 8.03. The number of hydrogen-bond acceptors (Lipinski definition) is 2. The minimum absolute atomic E-state index is 0. The van der Waals surface area contributed by atoms with Gasteiger partial charge < -0.3 is 15.1 Å². The molecule has 5 nitrogen and oxygen atoms in total. The van der Waals surface area contributed by atoms with E-state index in [1.807, 2.05) is 0 Å². The molecule has 130 valence electrons. The summed E-state index contributed by atoms with van der Waals surface area (Å²) in [7, 11) is 3.54. The van der Waals surface area contributed by atoms with Crippen LogP contribution in [0.4, 0.5) is 0 Å². The summed E-state index contributed by atoms with van der Waals surface area (Å²) < 4.78 is 0. The number of amides is 1. The molecule has 1 aliphatic rings. The van der Waals surface area contributed by atoms with Crippen LogP contribution >= 0.6 is 24.0 Å². The summed E-state index contributed by atoms with van der Waals surface area (Å²) in [6, 6.07) is 0. The van der Waals surface area contributed by atoms with E-state index in [0.29, 0.717) is 17.8 Å². The maximum absolute atomic E-state index is 11.8. The molecule has 2 atom stereocenters. The Bertz CT molecular complexity index is 361. The third-order valence-electron chi connectivity index (χ3n) is 3.70. The number of nitrogens with one attached hydrogen (secondary N) is 1. The molecule has 1 saturated heterocycles. The minimum Gasteiger partial charge on any atom is -0.356 e. The molecule has 1 aliphatic heterocycles. The van der Waals surface area contributed by atoms with Gasteiger partial charge in [-0.15, -0.1) is 24.0 Å². The van der Waals surface area contributed by atoms with Crippen LogP contribution in [-0.2, 0) is 4.79 Å². The van der Waals surface area contributed by atoms with Crippen molar-refractivity contribution in [1.29, 1.82) is 0 Å². The van der Waals surface area contributed by atoms with Gasteiger partial charge in [0.15, 0.2) is 5.96 Å². The molecular weight excluding hydrogens is 391 g/mol. The van der Waals surface area contributed by atoms with Crippen molar-refractivity contribution in [2.75, 3.05) is 40.3 Å². The molecule has 0 aromatic rings. The molecule has 0 aromatic heterocycles. The highest BCUT2D eigenvalue weighted by Crippen LogP contribution is 2.20. The number of guanidine groups is 1. The highest BCUT2D eigenvalue weighted by molar-refractivity contribution is 14.0. The van der Waals surface area contributed by atoms with Gasteiger partial charge in [-0.05, 0) is 24.2 Å². The molecule has 2 unspecified atom stereocenters. The Morgan fingerprint density at radius 1 is 1.27 bits per heavy atom. The smallest absolute Gasteiger partial charge is 0.243 e. The topological polar surface area (TPSA) is 47.9 Å². The maximum Gasteiger partial charge on any atom is 0.243 e. The van der Waals surface area contributed by atoms with Crippen LogP contribution in [0.3, 0.4) is 0 Å². The average Bonchev–Trinajstić information content (AvgIpc) is 2.36. The fraction of sp³-hybridized carbons (Fsp3) is 0.875. The number of nitrogens with zero attached hydrogens (tertiary/aromatic N) is 3. The van der Waals surface area contributed by atoms with Crippen LogP contribution in [-0.4, -0.2) is 61.9 Å². The first kappa shape index (κ1) is 21.5. The molecule has 1 amide bonds. The van der Waals surface area contributed by atoms with E-state index in [4.69, 9.17) is 0 Å². The van der Waals surface area contributed by atoms with Crippen molar-refractivity contribution in [1.82, 2.24) is 15.1 Å². The largest absolute Gasteiger partial charge is 0.356 e. The molecule has 0 radical (unpaired) electrons. The summed E-state index contributed by atoms with van der Waals surface area (Å²) in [5.74, 6) is 2.82. The van der Waals surface area contributed by atoms with Gasteiger partial charge in [0.05, 0.1) is 0 Å². The first-order valence-corrected chi connectivity index (χ1v) is 8.03. The third-order valence-corrected chi connectivity index (χ3v) is 3.70. The first-order chi connectivity index (χ1) is 9.79. The van der Waals surface area contributed by atoms with Gasteiger partial charge in [-0.25, -0.2) is 4.99 Å². The molecule has 0 saturated carbocycles. The number of likely N-dealkylation sites (N-methyl/N-ethyl adjacent to an activating group) is 1. The predicted molar refractivity (Wildman–Crippen MR) is 104 cm³/mol. The summed E-state index contributed by atoms with van der Waals surface area (Å²) in [6.07, 6.45) is 1.27. The number of likely N-dealkylation sites (tertiary alicyclic amines) is 1. The van der Waals surface area contributed by atoms with E-state index in [1.165, 1.54) is 6.42 Å². The summed E-state index contributed by atoms with van der Waals surface area (Å²) in [4.78, 5) is 20.2. The van der Waals surface area contributed by atoms with Gasteiger partial charge in [-0.2, -0.15) is 0 Å². The van der Waals surface area contributed by atoms with E-state index >= 15 is 0 Å². The van der Waals surface area contributed by atoms with Crippen molar-refractivity contribution in [2.45, 2.75) is 34.1 Å². The highest BCUT2D eigenvalue weighted by atomic mass is 127. The van der Waals surface area contributed by atoms with E-state index in [2.05, 4.69) is 42.9 Å². The minimum atomic E-state index is 0. The van der Waals surface area contributed by atoms with Crippen molar-refractivity contribution in [2.24, 2.45) is 22.7 Å². The number of carbonyl (C=O) groups excluding carboxylic acids is 1. The van der Waals surface area contributed by atoms with Crippen LogP contribution in [0, 0.1) is 17.8 Å². The number of carbonyl (C=O) groups is 1. The molecule has 22 heavy (non-hydrogen) atoms. The van der Waals surface area contributed by atoms with Gasteiger partial charge in [0, 0.05) is 33.7 Å². The lowest BCUT2D eigenvalue weighted by Gasteiger charge is -2.37. The fourth-order valence-electron chi connectivity index (χ4n) is 2.68. The summed E-state index contributed by atoms with van der Waals surface area (Å²) in [5, 5.41) is 3.43. The van der Waals surface area contributed by atoms with E-state index in [-0.39, 0.29) is 36.4 Å². The van der Waals surface area contributed by atoms with Gasteiger partial charge >= 0.3 is 0 Å². The molecule has 1 fully saturated rings. The molecular formula is C16H33IN4O. The number of halogens is 1. The second-order valence-electron chi connectivity index (χ2n) is 7.05. The van der Waals surface area contributed by atoms with Gasteiger partial charge in [0.2, 0.25) is 5.91 Å². The molecule has 0 bridgehead atoms. The van der Waals surface area contributed by atoms with E-state index < -0.39 is 0 Å². The van der Waals surface area contributed by atoms with Crippen molar-refractivity contribution in [3.05, 3.63) is 0 Å². The fourth-order valence-corrected chi connectivity index (χ4v) is 2.68. The van der Waals surface area contributed by atoms with Crippen LogP contribution in [0.1, 0.15) is 34.1 Å². The Morgan fingerprint density at radius 2 is 1.82 bits per heavy atom. The van der Waals surface area contributed by atoms with E-state index in [0.717, 1.165) is 25.6 Å². The zero-order chi connectivity index (χ0) is 16.0. The Balaban J connectivity index is 0.00000441. The summed E-state index contributed by atoms with van der Waals surface area (Å²) in [5.41, 5.74) is 0. The van der Waals surface area contributed by atoms with Crippen molar-refractivity contribution in [3.63, 3.8) is 0 Å². The average molecular weight is 424 g/mol. The number of rotatable bonds is 4. The van der Waals surface area contributed by atoms with Gasteiger partial charge in [0.25, 0.3) is 0 Å². The zero-order valence-corrected chi connectivity index (χ0v) is 17.3. The van der Waals surface area contributed by atoms with E-state index in [1.54, 1.807) is 19.0 Å². The molecule has 0 aromatic carbocycles. The predicted octanol–water partition coefficient (Wildman–Crippen LogP) is 2.27. The molecule has 0 spiro atoms. The summed E-state index contributed by atoms with van der Waals surface area (Å²) in [6.45, 7) is 12.1. The van der Waals surface area contributed by atoms with Gasteiger partial charge in [-0.1, -0.05) is 27.7 Å². The van der Waals surface area contributed by atoms with Gasteiger partial charge in [0.1, 0.15) is 6.54 Å². The Hall–Kier alpha value is -0.530. The number of aliphatic imine (C=N–C) groups is 1. The second-order valence-corrected chi connectivity index (χ2v) is 7.05. The Kier molecular flexibility index (Phi) is 10.0. The monoisotopic (exact) mass is 424 g/mol. The maximum atomic E-state index is 11.8. The zero-order valence-electron chi connectivity index (χ0n) is 14.9. The quantitative estimate of drug-likeness (QED) is 0.428. The molecule has 1 heterocycles. The highest BCUT2D eigenvalue weighted by Gasteiger charge is 2.24. The molecule has 1 N–H and O–H groups in total. The second kappa shape index (κ2) is 10.3. The SMILES string of the molecule is CC(C)CNC(=NCC(=O)N(C)C)N1CC(C)CC(C)C1.I. The van der Waals surface area contributed by atoms with Gasteiger partial charge in [-0.3, -0.25) is 4.79 Å². The van der Waals surface area contributed by atoms with Crippen molar-refractivity contribution in [3.8, 4) is 0 Å². The van der Waals surface area contributed by atoms with Crippen LogP contribution in [0.5, 0.6) is 0 Å². The standard InChI is InChI=1S/C16H32N4O.HI/c1-12(2)8-17-16(18-9-15(21)19(5)6)20-10-13(3)7-14(4)11-20;/h12-14H,7-11H2,1-6H3,(H,17,18);1H. The normalized spacial score (nSPS) is 22.3. The Morgan fingerprint density at radius 3 is 2.27 bits per heavy atom. The Labute approximate surface area is 152 Å². The van der Waals surface area contributed by atoms with Crippen LogP contribution in [0.25, 0.3) is 0 Å². The van der Waals surface area contributed by atoms with E-state index in [9.17, 15) is 4.79 Å². The number of hydrogen-bond donors (Lipinski definition) is 1. The molecule has 0 aliphatic carbocycles. The van der Waals surface area contributed by atoms with Crippen molar-refractivity contribution < 1.29 is 4.79 Å². The summed E-state index contributed by atoms with van der Waals surface area (Å²) >= 11 is 0. The third kappa shape index (κ3) is 7.65. The lowest BCUT2D eigenvalue weighted by atomic mass is 9.92.